The maximum Gasteiger partial charge on any atom is 0.126 e. The van der Waals surface area contributed by atoms with Crippen molar-refractivity contribution in [3.8, 4) is 17.2 Å². The Kier molecular flexibility index (Phi) is 7.35. The van der Waals surface area contributed by atoms with E-state index < -0.39 is 0 Å². The van der Waals surface area contributed by atoms with E-state index >= 15 is 0 Å². The number of fused-ring (bicyclic) bond motifs is 1. The van der Waals surface area contributed by atoms with E-state index in [1.807, 2.05) is 12.1 Å². The molecule has 34 heavy (non-hydrogen) atoms. The van der Waals surface area contributed by atoms with Crippen LogP contribution in [0.4, 0.5) is 0 Å². The number of aromatic hydroxyl groups is 1. The molecule has 2 aliphatic rings. The van der Waals surface area contributed by atoms with Crippen LogP contribution in [0.3, 0.4) is 0 Å². The van der Waals surface area contributed by atoms with Crippen molar-refractivity contribution in [3.63, 3.8) is 0 Å². The maximum absolute atomic E-state index is 9.96. The highest BCUT2D eigenvalue weighted by Crippen LogP contribution is 2.47. The number of ether oxygens (including phenoxy) is 2. The summed E-state index contributed by atoms with van der Waals surface area (Å²) in [4.78, 5) is 2.59. The molecule has 0 aliphatic carbocycles. The van der Waals surface area contributed by atoms with Gasteiger partial charge in [0.15, 0.2) is 0 Å². The fourth-order valence-electron chi connectivity index (χ4n) is 5.38. The lowest BCUT2D eigenvalue weighted by Gasteiger charge is -2.34. The van der Waals surface area contributed by atoms with Gasteiger partial charge < -0.3 is 19.5 Å². The molecule has 0 spiro atoms. The number of likely N-dealkylation sites (tertiary alicyclic amines) is 1. The summed E-state index contributed by atoms with van der Waals surface area (Å²) in [6.07, 6.45) is 6.39. The van der Waals surface area contributed by atoms with Gasteiger partial charge in [-0.15, -0.1) is 0 Å². The van der Waals surface area contributed by atoms with Gasteiger partial charge in [0.25, 0.3) is 0 Å². The van der Waals surface area contributed by atoms with Crippen molar-refractivity contribution in [3.05, 3.63) is 89.5 Å². The first kappa shape index (κ1) is 22.8. The minimum Gasteiger partial charge on any atom is -0.508 e. The number of unbranched alkanes of at least 4 members (excludes halogenated alkanes) is 1. The molecule has 3 aromatic rings. The van der Waals surface area contributed by atoms with Gasteiger partial charge in [-0.3, -0.25) is 0 Å². The number of piperidine rings is 1. The second-order valence-electron chi connectivity index (χ2n) is 9.55. The van der Waals surface area contributed by atoms with Crippen molar-refractivity contribution in [2.75, 3.05) is 32.8 Å². The summed E-state index contributed by atoms with van der Waals surface area (Å²) < 4.78 is 12.1. The molecule has 0 amide bonds. The van der Waals surface area contributed by atoms with Crippen LogP contribution in [-0.2, 0) is 0 Å². The Labute approximate surface area is 203 Å². The van der Waals surface area contributed by atoms with Crippen LogP contribution >= 0.6 is 0 Å². The van der Waals surface area contributed by atoms with Crippen molar-refractivity contribution < 1.29 is 14.6 Å². The Morgan fingerprint density at radius 3 is 2.44 bits per heavy atom. The van der Waals surface area contributed by atoms with Gasteiger partial charge in [0.1, 0.15) is 17.2 Å². The summed E-state index contributed by atoms with van der Waals surface area (Å²) in [6, 6.07) is 24.6. The van der Waals surface area contributed by atoms with E-state index in [9.17, 15) is 5.11 Å². The molecule has 1 saturated heterocycles. The number of nitrogens with zero attached hydrogens (tertiary/aromatic N) is 1. The quantitative estimate of drug-likeness (QED) is 0.401. The summed E-state index contributed by atoms with van der Waals surface area (Å²) in [5.41, 5.74) is 3.62. The Morgan fingerprint density at radius 2 is 1.65 bits per heavy atom. The first-order valence-corrected chi connectivity index (χ1v) is 12.7. The number of benzene rings is 3. The van der Waals surface area contributed by atoms with Crippen molar-refractivity contribution in [1.29, 1.82) is 0 Å². The minimum atomic E-state index is 0.158. The molecule has 2 atom stereocenters. The topological polar surface area (TPSA) is 41.9 Å². The average Bonchev–Trinajstić information content (AvgIpc) is 2.89. The summed E-state index contributed by atoms with van der Waals surface area (Å²) in [5.74, 6) is 2.30. The SMILES string of the molecule is Oc1ccc2c(c1)OC[C@H](c1ccccc1)[C@H]2c1ccc(OCCCCN2CCCCC2)cc1. The molecule has 0 bridgehead atoms. The third-order valence-electron chi connectivity index (χ3n) is 7.21. The van der Waals surface area contributed by atoms with Gasteiger partial charge in [-0.25, -0.2) is 0 Å². The van der Waals surface area contributed by atoms with Gasteiger partial charge in [-0.2, -0.15) is 0 Å². The van der Waals surface area contributed by atoms with Crippen molar-refractivity contribution in [1.82, 2.24) is 4.90 Å². The monoisotopic (exact) mass is 457 g/mol. The average molecular weight is 458 g/mol. The van der Waals surface area contributed by atoms with E-state index in [1.54, 1.807) is 12.1 Å². The zero-order valence-corrected chi connectivity index (χ0v) is 19.9. The molecule has 0 radical (unpaired) electrons. The second kappa shape index (κ2) is 11.0. The Balaban J connectivity index is 1.25. The lowest BCUT2D eigenvalue weighted by atomic mass is 9.76. The summed E-state index contributed by atoms with van der Waals surface area (Å²) in [5, 5.41) is 9.96. The number of phenolic OH excluding ortho intramolecular Hbond substituents is 1. The molecule has 178 valence electrons. The smallest absolute Gasteiger partial charge is 0.126 e. The molecule has 4 heteroatoms. The maximum atomic E-state index is 9.96. The Hall–Kier alpha value is -2.98. The van der Waals surface area contributed by atoms with Crippen LogP contribution in [0.15, 0.2) is 72.8 Å². The van der Waals surface area contributed by atoms with E-state index in [2.05, 4.69) is 53.4 Å². The molecule has 0 saturated carbocycles. The van der Waals surface area contributed by atoms with Crippen molar-refractivity contribution in [2.45, 2.75) is 43.9 Å². The fraction of sp³-hybridized carbons (Fsp3) is 0.400. The van der Waals surface area contributed by atoms with Crippen LogP contribution in [0, 0.1) is 0 Å². The van der Waals surface area contributed by atoms with E-state index in [4.69, 9.17) is 9.47 Å². The normalized spacial score (nSPS) is 20.4. The second-order valence-corrected chi connectivity index (χ2v) is 9.55. The lowest BCUT2D eigenvalue weighted by Crippen LogP contribution is -2.30. The summed E-state index contributed by atoms with van der Waals surface area (Å²) in [6.45, 7) is 5.07. The third-order valence-corrected chi connectivity index (χ3v) is 7.21. The molecule has 2 heterocycles. The Bertz CT molecular complexity index is 1040. The molecule has 3 aromatic carbocycles. The molecule has 0 aromatic heterocycles. The fourth-order valence-corrected chi connectivity index (χ4v) is 5.38. The molecule has 2 aliphatic heterocycles. The summed E-state index contributed by atoms with van der Waals surface area (Å²) >= 11 is 0. The molecule has 0 unspecified atom stereocenters. The molecular weight excluding hydrogens is 422 g/mol. The minimum absolute atomic E-state index is 0.158. The number of phenols is 1. The van der Waals surface area contributed by atoms with Crippen LogP contribution < -0.4 is 9.47 Å². The van der Waals surface area contributed by atoms with Crippen LogP contribution in [0.5, 0.6) is 17.2 Å². The predicted octanol–water partition coefficient (Wildman–Crippen LogP) is 6.35. The van der Waals surface area contributed by atoms with E-state index in [1.165, 1.54) is 56.4 Å². The van der Waals surface area contributed by atoms with Gasteiger partial charge in [-0.1, -0.05) is 55.0 Å². The number of hydrogen-bond acceptors (Lipinski definition) is 4. The first-order valence-electron chi connectivity index (χ1n) is 12.7. The van der Waals surface area contributed by atoms with Gasteiger partial charge in [0.2, 0.25) is 0 Å². The first-order chi connectivity index (χ1) is 16.8. The lowest BCUT2D eigenvalue weighted by molar-refractivity contribution is 0.216. The van der Waals surface area contributed by atoms with Crippen LogP contribution in [0.1, 0.15) is 60.6 Å². The van der Waals surface area contributed by atoms with Crippen molar-refractivity contribution >= 4 is 0 Å². The van der Waals surface area contributed by atoms with Gasteiger partial charge in [0.05, 0.1) is 13.2 Å². The molecule has 1 fully saturated rings. The van der Waals surface area contributed by atoms with Gasteiger partial charge in [0, 0.05) is 23.5 Å². The van der Waals surface area contributed by atoms with Crippen LogP contribution in [0.2, 0.25) is 0 Å². The molecule has 4 nitrogen and oxygen atoms in total. The molecule has 5 rings (SSSR count). The van der Waals surface area contributed by atoms with Gasteiger partial charge in [-0.05, 0) is 74.6 Å². The van der Waals surface area contributed by atoms with E-state index in [0.717, 1.165) is 30.1 Å². The van der Waals surface area contributed by atoms with Crippen LogP contribution in [-0.4, -0.2) is 42.9 Å². The Morgan fingerprint density at radius 1 is 0.853 bits per heavy atom. The van der Waals surface area contributed by atoms with Gasteiger partial charge >= 0.3 is 0 Å². The standard InChI is InChI=1S/C30H35NO3/c32-25-13-16-27-29(21-25)34-22-28(23-9-3-1-4-10-23)30(27)24-11-14-26(15-12-24)33-20-8-7-19-31-17-5-2-6-18-31/h1,3-4,9-16,21,28,30,32H,2,5-8,17-20,22H2/t28-,30+/m1/s1. The highest BCUT2D eigenvalue weighted by Gasteiger charge is 2.33. The highest BCUT2D eigenvalue weighted by atomic mass is 16.5. The van der Waals surface area contributed by atoms with E-state index in [0.29, 0.717) is 6.61 Å². The van der Waals surface area contributed by atoms with Crippen LogP contribution in [0.25, 0.3) is 0 Å². The largest absolute Gasteiger partial charge is 0.508 e. The number of rotatable bonds is 8. The highest BCUT2D eigenvalue weighted by molar-refractivity contribution is 5.50. The zero-order chi connectivity index (χ0) is 23.2. The number of hydrogen-bond donors (Lipinski definition) is 1. The zero-order valence-electron chi connectivity index (χ0n) is 19.9. The summed E-state index contributed by atoms with van der Waals surface area (Å²) in [7, 11) is 0. The van der Waals surface area contributed by atoms with Crippen molar-refractivity contribution in [2.24, 2.45) is 0 Å². The third kappa shape index (κ3) is 5.39. The molecule has 1 N–H and O–H groups in total. The molecular formula is C30H35NO3. The van der Waals surface area contributed by atoms with E-state index in [-0.39, 0.29) is 17.6 Å². The predicted molar refractivity (Wildman–Crippen MR) is 136 cm³/mol.